The first-order valence-corrected chi connectivity index (χ1v) is 13.2. The van der Waals surface area contributed by atoms with Gasteiger partial charge in [0.2, 0.25) is 0 Å². The van der Waals surface area contributed by atoms with E-state index in [1.807, 2.05) is 13.0 Å². The zero-order chi connectivity index (χ0) is 27.6. The number of amides is 2. The molecule has 2 heterocycles. The Hall–Kier alpha value is -2.96. The third kappa shape index (κ3) is 5.87. The number of alkyl halides is 3. The van der Waals surface area contributed by atoms with Crippen molar-refractivity contribution in [2.45, 2.75) is 25.9 Å². The van der Waals surface area contributed by atoms with Gasteiger partial charge >= 0.3 is 6.18 Å². The normalized spacial score (nSPS) is 13.7. The van der Waals surface area contributed by atoms with Gasteiger partial charge in [-0.05, 0) is 69.5 Å². The van der Waals surface area contributed by atoms with Crippen LogP contribution in [0.25, 0.3) is 10.8 Å². The van der Waals surface area contributed by atoms with Crippen molar-refractivity contribution in [1.82, 2.24) is 10.3 Å². The fourth-order valence-corrected chi connectivity index (χ4v) is 4.95. The smallest absolute Gasteiger partial charge is 0.352 e. The number of halogens is 6. The van der Waals surface area contributed by atoms with Crippen molar-refractivity contribution in [2.24, 2.45) is 5.10 Å². The summed E-state index contributed by atoms with van der Waals surface area (Å²) in [6, 6.07) is 9.98. The zero-order valence-electron chi connectivity index (χ0n) is 19.7. The molecular formula is C25H19Br2ClF3N5O2. The summed E-state index contributed by atoms with van der Waals surface area (Å²) in [6.45, 7) is 2.31. The molecule has 1 aliphatic heterocycles. The number of carbonyl (C=O) groups is 2. The molecule has 0 fully saturated rings. The van der Waals surface area contributed by atoms with E-state index in [0.717, 1.165) is 20.9 Å². The number of carbonyl (C=O) groups excluding carboxylic acids is 2. The molecule has 1 aromatic heterocycles. The van der Waals surface area contributed by atoms with E-state index in [1.54, 1.807) is 18.2 Å². The number of allylic oxidation sites excluding steroid dienone is 1. The fraction of sp³-hybridized carbons (Fsp3) is 0.200. The summed E-state index contributed by atoms with van der Waals surface area (Å²) in [5, 5.41) is 11.3. The Morgan fingerprint density at radius 3 is 2.61 bits per heavy atom. The van der Waals surface area contributed by atoms with E-state index < -0.39 is 30.1 Å². The largest absolute Gasteiger partial charge is 0.431 e. The number of aromatic nitrogens is 1. The molecule has 0 saturated carbocycles. The average Bonchev–Trinajstić information content (AvgIpc) is 2.88. The Morgan fingerprint density at radius 1 is 1.16 bits per heavy atom. The van der Waals surface area contributed by atoms with Crippen LogP contribution < -0.4 is 15.6 Å². The molecule has 38 heavy (non-hydrogen) atoms. The van der Waals surface area contributed by atoms with Crippen LogP contribution in [0, 0.1) is 0 Å². The lowest BCUT2D eigenvalue weighted by atomic mass is 10.0. The minimum atomic E-state index is -4.72. The molecule has 0 saturated heterocycles. The maximum absolute atomic E-state index is 13.5. The van der Waals surface area contributed by atoms with Crippen LogP contribution in [-0.4, -0.2) is 35.2 Å². The maximum atomic E-state index is 13.5. The van der Waals surface area contributed by atoms with Gasteiger partial charge in [-0.15, -0.1) is 0 Å². The molecule has 0 bridgehead atoms. The molecule has 0 spiro atoms. The van der Waals surface area contributed by atoms with E-state index in [1.165, 1.54) is 18.3 Å². The lowest BCUT2D eigenvalue weighted by Gasteiger charge is -2.27. The van der Waals surface area contributed by atoms with Crippen LogP contribution >= 0.6 is 43.5 Å². The minimum Gasteiger partial charge on any atom is -0.352 e. The van der Waals surface area contributed by atoms with Gasteiger partial charge in [0.15, 0.2) is 5.82 Å². The number of nitrogens with zero attached hydrogens (tertiary/aromatic N) is 3. The summed E-state index contributed by atoms with van der Waals surface area (Å²) < 4.78 is 41.7. The topological polar surface area (TPSA) is 86.7 Å². The highest BCUT2D eigenvalue weighted by atomic mass is 79.9. The van der Waals surface area contributed by atoms with E-state index in [9.17, 15) is 22.8 Å². The summed E-state index contributed by atoms with van der Waals surface area (Å²) in [4.78, 5) is 30.6. The van der Waals surface area contributed by atoms with E-state index in [2.05, 4.69) is 52.6 Å². The molecular weight excluding hydrogens is 655 g/mol. The lowest BCUT2D eigenvalue weighted by Crippen LogP contribution is -2.36. The van der Waals surface area contributed by atoms with Crippen molar-refractivity contribution in [3.05, 3.63) is 73.9 Å². The van der Waals surface area contributed by atoms with Crippen molar-refractivity contribution >= 4 is 83.3 Å². The Labute approximate surface area is 237 Å². The van der Waals surface area contributed by atoms with Crippen LogP contribution in [0.4, 0.5) is 24.7 Å². The molecule has 13 heteroatoms. The first kappa shape index (κ1) is 28.1. The molecule has 2 N–H and O–H groups in total. The third-order valence-electron chi connectivity index (χ3n) is 5.49. The fourth-order valence-electron chi connectivity index (χ4n) is 3.70. The second kappa shape index (κ2) is 11.4. The molecule has 2 aromatic carbocycles. The highest BCUT2D eigenvalue weighted by Crippen LogP contribution is 2.38. The van der Waals surface area contributed by atoms with E-state index in [-0.39, 0.29) is 27.8 Å². The van der Waals surface area contributed by atoms with Gasteiger partial charge in [0.25, 0.3) is 11.8 Å². The molecule has 7 nitrogen and oxygen atoms in total. The predicted octanol–water partition coefficient (Wildman–Crippen LogP) is 7.20. The van der Waals surface area contributed by atoms with Crippen molar-refractivity contribution in [3.8, 4) is 0 Å². The number of fused-ring (bicyclic) bond motifs is 1. The van der Waals surface area contributed by atoms with Gasteiger partial charge in [0, 0.05) is 28.1 Å². The van der Waals surface area contributed by atoms with Gasteiger partial charge in [-0.1, -0.05) is 40.5 Å². The SMILES string of the molecule is CCCNC(=O)c1cc2cc(Br)ccc2c(Br)c1NC(=O)C1=CCC(C(F)(F)F)=NN1c1ncccc1Cl. The van der Waals surface area contributed by atoms with Crippen LogP contribution in [0.1, 0.15) is 30.1 Å². The second-order valence-corrected chi connectivity index (χ2v) is 10.3. The van der Waals surface area contributed by atoms with E-state index >= 15 is 0 Å². The number of rotatable bonds is 6. The van der Waals surface area contributed by atoms with Crippen LogP contribution in [0.15, 0.2) is 68.4 Å². The predicted molar refractivity (Wildman–Crippen MR) is 149 cm³/mol. The summed E-state index contributed by atoms with van der Waals surface area (Å²) in [6.07, 6.45) is -2.25. The molecule has 0 unspecified atom stereocenters. The van der Waals surface area contributed by atoms with E-state index in [4.69, 9.17) is 11.6 Å². The molecule has 2 amide bonds. The van der Waals surface area contributed by atoms with Crippen LogP contribution in [0.5, 0.6) is 0 Å². The lowest BCUT2D eigenvalue weighted by molar-refractivity contribution is -0.113. The first-order valence-electron chi connectivity index (χ1n) is 11.3. The third-order valence-corrected chi connectivity index (χ3v) is 7.11. The summed E-state index contributed by atoms with van der Waals surface area (Å²) >= 11 is 13.1. The number of hydrogen-bond acceptors (Lipinski definition) is 5. The monoisotopic (exact) mass is 671 g/mol. The van der Waals surface area contributed by atoms with Crippen molar-refractivity contribution in [3.63, 3.8) is 0 Å². The highest BCUT2D eigenvalue weighted by Gasteiger charge is 2.39. The number of nitrogens with one attached hydrogen (secondary N) is 2. The average molecular weight is 674 g/mol. The summed E-state index contributed by atoms with van der Waals surface area (Å²) in [5.41, 5.74) is -1.03. The van der Waals surface area contributed by atoms with Crippen LogP contribution in [0.2, 0.25) is 5.02 Å². The van der Waals surface area contributed by atoms with Crippen LogP contribution in [-0.2, 0) is 4.79 Å². The first-order chi connectivity index (χ1) is 18.0. The quantitative estimate of drug-likeness (QED) is 0.290. The standard InChI is InChI=1S/C25H19Br2ClF3N5O2/c1-2-9-33-23(37)16-12-13-11-14(26)5-6-15(13)20(27)21(16)34-24(38)18-7-8-19(25(29,30)31)35-36(18)22-17(28)4-3-10-32-22/h3-7,10-12H,2,8-9H2,1H3,(H,33,37)(H,34,38). The Bertz CT molecular complexity index is 1490. The van der Waals surface area contributed by atoms with Gasteiger partial charge in [0.1, 0.15) is 11.4 Å². The molecule has 1 aliphatic rings. The molecule has 198 valence electrons. The minimum absolute atomic E-state index is 0.00419. The van der Waals surface area contributed by atoms with Gasteiger partial charge in [-0.3, -0.25) is 9.59 Å². The Kier molecular flexibility index (Phi) is 8.43. The molecule has 3 aromatic rings. The maximum Gasteiger partial charge on any atom is 0.431 e. The molecule has 4 rings (SSSR count). The van der Waals surface area contributed by atoms with Gasteiger partial charge in [-0.2, -0.15) is 18.3 Å². The van der Waals surface area contributed by atoms with Crippen molar-refractivity contribution in [1.29, 1.82) is 0 Å². The van der Waals surface area contributed by atoms with Gasteiger partial charge < -0.3 is 10.6 Å². The van der Waals surface area contributed by atoms with E-state index in [0.29, 0.717) is 22.8 Å². The van der Waals surface area contributed by atoms with Crippen molar-refractivity contribution < 1.29 is 22.8 Å². The van der Waals surface area contributed by atoms with Crippen LogP contribution in [0.3, 0.4) is 0 Å². The number of benzene rings is 2. The molecule has 0 atom stereocenters. The Balaban J connectivity index is 1.79. The highest BCUT2D eigenvalue weighted by molar-refractivity contribution is 9.11. The molecule has 0 radical (unpaired) electrons. The Morgan fingerprint density at radius 2 is 1.92 bits per heavy atom. The summed E-state index contributed by atoms with van der Waals surface area (Å²) in [7, 11) is 0. The second-order valence-electron chi connectivity index (χ2n) is 8.15. The van der Waals surface area contributed by atoms with Gasteiger partial charge in [-0.25, -0.2) is 9.99 Å². The molecule has 0 aliphatic carbocycles. The number of hydrogen-bond donors (Lipinski definition) is 2. The number of hydrazone groups is 1. The summed E-state index contributed by atoms with van der Waals surface area (Å²) in [5.74, 6) is -1.39. The number of pyridine rings is 1. The van der Waals surface area contributed by atoms with Crippen molar-refractivity contribution in [2.75, 3.05) is 16.9 Å². The van der Waals surface area contributed by atoms with Gasteiger partial charge in [0.05, 0.1) is 16.3 Å². The zero-order valence-corrected chi connectivity index (χ0v) is 23.6. The number of anilines is 2.